The van der Waals surface area contributed by atoms with Crippen LogP contribution >= 0.6 is 0 Å². The van der Waals surface area contributed by atoms with Gasteiger partial charge in [0.25, 0.3) is 0 Å². The maximum atomic E-state index is 13.6. The van der Waals surface area contributed by atoms with E-state index >= 15 is 0 Å². The maximum Gasteiger partial charge on any atom is 0.316 e. The van der Waals surface area contributed by atoms with Crippen molar-refractivity contribution in [2.75, 3.05) is 37.7 Å². The van der Waals surface area contributed by atoms with Crippen LogP contribution in [0.5, 0.6) is 5.75 Å². The van der Waals surface area contributed by atoms with Crippen molar-refractivity contribution in [2.24, 2.45) is 5.92 Å². The quantitative estimate of drug-likeness (QED) is 0.531. The van der Waals surface area contributed by atoms with Gasteiger partial charge >= 0.3 is 5.56 Å². The minimum atomic E-state index is -0.187. The predicted molar refractivity (Wildman–Crippen MR) is 137 cm³/mol. The van der Waals surface area contributed by atoms with Crippen molar-refractivity contribution >= 4 is 5.69 Å². The van der Waals surface area contributed by atoms with Gasteiger partial charge in [0.2, 0.25) is 5.75 Å². The SMILES string of the molecule is Cc1nc[nH]c1CN1CCN(c2cnn(-c3ccccc3)c(=O)c2OCCC2CCCCC2)CC1. The lowest BCUT2D eigenvalue weighted by molar-refractivity contribution is 0.236. The lowest BCUT2D eigenvalue weighted by atomic mass is 9.87. The second kappa shape index (κ2) is 11.1. The van der Waals surface area contributed by atoms with Gasteiger partial charge in [-0.15, -0.1) is 0 Å². The number of ether oxygens (including phenoxy) is 1. The minimum absolute atomic E-state index is 0.187. The molecule has 0 unspecified atom stereocenters. The molecule has 1 aliphatic carbocycles. The number of nitrogens with one attached hydrogen (secondary N) is 1. The summed E-state index contributed by atoms with van der Waals surface area (Å²) in [5.41, 5.74) is 3.59. The number of nitrogens with zero attached hydrogens (tertiary/aromatic N) is 5. The van der Waals surface area contributed by atoms with Crippen molar-refractivity contribution in [2.45, 2.75) is 52.0 Å². The molecule has 3 aromatic rings. The van der Waals surface area contributed by atoms with Crippen molar-refractivity contribution in [3.63, 3.8) is 0 Å². The van der Waals surface area contributed by atoms with Crippen LogP contribution < -0.4 is 15.2 Å². The third kappa shape index (κ3) is 5.59. The molecule has 8 nitrogen and oxygen atoms in total. The summed E-state index contributed by atoms with van der Waals surface area (Å²) in [6, 6.07) is 9.57. The van der Waals surface area contributed by atoms with Gasteiger partial charge in [0.1, 0.15) is 5.69 Å². The van der Waals surface area contributed by atoms with Crippen molar-refractivity contribution in [1.82, 2.24) is 24.6 Å². The van der Waals surface area contributed by atoms with Crippen LogP contribution in [0.3, 0.4) is 0 Å². The Morgan fingerprint density at radius 2 is 1.83 bits per heavy atom. The van der Waals surface area contributed by atoms with Crippen LogP contribution in [0.15, 0.2) is 47.7 Å². The highest BCUT2D eigenvalue weighted by molar-refractivity contribution is 5.57. The second-order valence-electron chi connectivity index (χ2n) is 9.78. The molecular formula is C27H36N6O2. The Bertz CT molecular complexity index is 1140. The number of aromatic nitrogens is 4. The number of imidazole rings is 1. The van der Waals surface area contributed by atoms with E-state index in [1.165, 1.54) is 36.8 Å². The van der Waals surface area contributed by atoms with Gasteiger partial charge in [-0.2, -0.15) is 9.78 Å². The number of anilines is 1. The van der Waals surface area contributed by atoms with Gasteiger partial charge in [0.05, 0.1) is 36.2 Å². The zero-order valence-electron chi connectivity index (χ0n) is 20.7. The fourth-order valence-electron chi connectivity index (χ4n) is 5.27. The smallest absolute Gasteiger partial charge is 0.316 e. The molecular weight excluding hydrogens is 440 g/mol. The zero-order valence-corrected chi connectivity index (χ0v) is 20.7. The molecule has 1 N–H and O–H groups in total. The summed E-state index contributed by atoms with van der Waals surface area (Å²) in [5, 5.41) is 4.53. The van der Waals surface area contributed by atoms with E-state index < -0.39 is 0 Å². The van der Waals surface area contributed by atoms with E-state index in [1.54, 1.807) is 12.5 Å². The Kier molecular flexibility index (Phi) is 7.47. The molecule has 1 aliphatic heterocycles. The van der Waals surface area contributed by atoms with E-state index in [4.69, 9.17) is 4.74 Å². The summed E-state index contributed by atoms with van der Waals surface area (Å²) < 4.78 is 7.73. The van der Waals surface area contributed by atoms with E-state index in [1.807, 2.05) is 37.3 Å². The summed E-state index contributed by atoms with van der Waals surface area (Å²) >= 11 is 0. The molecule has 2 aliphatic rings. The van der Waals surface area contributed by atoms with Crippen LogP contribution in [-0.4, -0.2) is 57.4 Å². The predicted octanol–water partition coefficient (Wildman–Crippen LogP) is 3.94. The molecule has 5 rings (SSSR count). The Hall–Kier alpha value is -3.13. The molecule has 8 heteroatoms. The molecule has 1 saturated carbocycles. The molecule has 1 aromatic carbocycles. The maximum absolute atomic E-state index is 13.6. The highest BCUT2D eigenvalue weighted by Crippen LogP contribution is 2.29. The van der Waals surface area contributed by atoms with Crippen molar-refractivity contribution in [3.05, 3.63) is 64.6 Å². The van der Waals surface area contributed by atoms with Crippen LogP contribution in [0, 0.1) is 12.8 Å². The number of hydrogen-bond acceptors (Lipinski definition) is 6. The average Bonchev–Trinajstić information content (AvgIpc) is 3.30. The van der Waals surface area contributed by atoms with Gasteiger partial charge in [-0.25, -0.2) is 4.98 Å². The van der Waals surface area contributed by atoms with Gasteiger partial charge in [-0.3, -0.25) is 9.69 Å². The minimum Gasteiger partial charge on any atom is -0.486 e. The van der Waals surface area contributed by atoms with Crippen molar-refractivity contribution < 1.29 is 4.74 Å². The first-order valence-corrected chi connectivity index (χ1v) is 13.0. The zero-order chi connectivity index (χ0) is 24.0. The van der Waals surface area contributed by atoms with E-state index in [9.17, 15) is 4.79 Å². The van der Waals surface area contributed by atoms with Gasteiger partial charge < -0.3 is 14.6 Å². The molecule has 0 radical (unpaired) electrons. The monoisotopic (exact) mass is 476 g/mol. The number of hydrogen-bond donors (Lipinski definition) is 1. The number of rotatable bonds is 8. The van der Waals surface area contributed by atoms with Gasteiger partial charge in [-0.1, -0.05) is 50.3 Å². The Labute approximate surface area is 206 Å². The first-order valence-electron chi connectivity index (χ1n) is 13.0. The normalized spacial score (nSPS) is 17.6. The first-order chi connectivity index (χ1) is 17.2. The summed E-state index contributed by atoms with van der Waals surface area (Å²) in [7, 11) is 0. The van der Waals surface area contributed by atoms with Crippen LogP contribution in [0.25, 0.3) is 5.69 Å². The number of aromatic amines is 1. The molecule has 2 fully saturated rings. The molecule has 1 saturated heterocycles. The van der Waals surface area contributed by atoms with Gasteiger partial charge in [0, 0.05) is 32.7 Å². The highest BCUT2D eigenvalue weighted by atomic mass is 16.5. The van der Waals surface area contributed by atoms with E-state index in [0.29, 0.717) is 18.3 Å². The number of piperazine rings is 1. The number of H-pyrrole nitrogens is 1. The van der Waals surface area contributed by atoms with Crippen molar-refractivity contribution in [3.8, 4) is 11.4 Å². The molecule has 0 amide bonds. The third-order valence-corrected chi connectivity index (χ3v) is 7.44. The third-order valence-electron chi connectivity index (χ3n) is 7.44. The Morgan fingerprint density at radius 1 is 1.06 bits per heavy atom. The summed E-state index contributed by atoms with van der Waals surface area (Å²) in [4.78, 5) is 25.8. The van der Waals surface area contributed by atoms with Crippen molar-refractivity contribution in [1.29, 1.82) is 0 Å². The van der Waals surface area contributed by atoms with E-state index in [-0.39, 0.29) is 5.56 Å². The standard InChI is InChI=1S/C27H36N6O2/c1-21-24(29-20-28-21)19-31-13-15-32(16-14-31)25-18-30-33(23-10-6-3-7-11-23)27(34)26(25)35-17-12-22-8-4-2-5-9-22/h3,6-7,10-11,18,20,22H,2,4-5,8-9,12-17,19H2,1H3,(H,28,29). The molecule has 0 spiro atoms. The van der Waals surface area contributed by atoms with Crippen LogP contribution in [-0.2, 0) is 6.54 Å². The summed E-state index contributed by atoms with van der Waals surface area (Å²) in [6.07, 6.45) is 11.1. The lowest BCUT2D eigenvalue weighted by Gasteiger charge is -2.36. The number of para-hydroxylation sites is 1. The van der Waals surface area contributed by atoms with Gasteiger partial charge in [0.15, 0.2) is 0 Å². The second-order valence-corrected chi connectivity index (χ2v) is 9.78. The number of aryl methyl sites for hydroxylation is 1. The number of benzene rings is 1. The van der Waals surface area contributed by atoms with E-state index in [0.717, 1.165) is 61.9 Å². The molecule has 3 heterocycles. The molecule has 186 valence electrons. The fourth-order valence-corrected chi connectivity index (χ4v) is 5.27. The topological polar surface area (TPSA) is 79.3 Å². The Morgan fingerprint density at radius 3 is 2.54 bits per heavy atom. The lowest BCUT2D eigenvalue weighted by Crippen LogP contribution is -2.46. The summed E-state index contributed by atoms with van der Waals surface area (Å²) in [5.74, 6) is 1.14. The first kappa shape index (κ1) is 23.6. The van der Waals surface area contributed by atoms with Crippen LogP contribution in [0.1, 0.15) is 49.9 Å². The fraction of sp³-hybridized carbons (Fsp3) is 0.519. The molecule has 2 aromatic heterocycles. The molecule has 0 bridgehead atoms. The largest absolute Gasteiger partial charge is 0.486 e. The molecule has 35 heavy (non-hydrogen) atoms. The highest BCUT2D eigenvalue weighted by Gasteiger charge is 2.24. The average molecular weight is 477 g/mol. The van der Waals surface area contributed by atoms with E-state index in [2.05, 4.69) is 24.9 Å². The Balaban J connectivity index is 1.32. The van der Waals surface area contributed by atoms with Gasteiger partial charge in [-0.05, 0) is 31.4 Å². The van der Waals surface area contributed by atoms with Crippen LogP contribution in [0.2, 0.25) is 0 Å². The van der Waals surface area contributed by atoms with Crippen LogP contribution in [0.4, 0.5) is 5.69 Å². The molecule has 0 atom stereocenters. The summed E-state index contributed by atoms with van der Waals surface area (Å²) in [6.45, 7) is 6.92.